The first kappa shape index (κ1) is 16.0. The van der Waals surface area contributed by atoms with Crippen LogP contribution in [0.1, 0.15) is 5.56 Å². The molecule has 0 atom stereocenters. The van der Waals surface area contributed by atoms with Crippen LogP contribution in [0, 0.1) is 0 Å². The highest BCUT2D eigenvalue weighted by Crippen LogP contribution is 2.41. The molecule has 0 spiro atoms. The number of para-hydroxylation sites is 1. The summed E-state index contributed by atoms with van der Waals surface area (Å²) >= 11 is 1.75. The van der Waals surface area contributed by atoms with Crippen molar-refractivity contribution in [2.24, 2.45) is 0 Å². The molecule has 0 N–H and O–H groups in total. The highest BCUT2D eigenvalue weighted by molar-refractivity contribution is 7.21. The number of aromatic nitrogens is 1. The van der Waals surface area contributed by atoms with Gasteiger partial charge < -0.3 is 0 Å². The van der Waals surface area contributed by atoms with E-state index in [1.165, 1.54) is 32.2 Å². The molecule has 0 aliphatic heterocycles. The fourth-order valence-corrected chi connectivity index (χ4v) is 4.59. The Morgan fingerprint density at radius 2 is 1.67 bits per heavy atom. The van der Waals surface area contributed by atoms with Gasteiger partial charge >= 0.3 is 0 Å². The Labute approximate surface area is 162 Å². The summed E-state index contributed by atoms with van der Waals surface area (Å²) in [7, 11) is 0. The van der Waals surface area contributed by atoms with Gasteiger partial charge in [-0.05, 0) is 45.7 Å². The lowest BCUT2D eigenvalue weighted by atomic mass is 9.93. The summed E-state index contributed by atoms with van der Waals surface area (Å²) in [6.07, 6.45) is 1.89. The molecule has 0 radical (unpaired) electrons. The molecule has 0 saturated carbocycles. The topological polar surface area (TPSA) is 12.9 Å². The molecule has 0 amide bonds. The fourth-order valence-electron chi connectivity index (χ4n) is 3.55. The minimum atomic E-state index is 1.05. The van der Waals surface area contributed by atoms with Gasteiger partial charge in [-0.1, -0.05) is 79.4 Å². The van der Waals surface area contributed by atoms with E-state index in [-0.39, 0.29) is 0 Å². The molecule has 128 valence electrons. The molecule has 1 aromatic heterocycles. The number of nitrogens with zero attached hydrogens (tertiary/aromatic N) is 1. The monoisotopic (exact) mass is 363 g/mol. The van der Waals surface area contributed by atoms with Crippen LogP contribution in [0.15, 0.2) is 91.5 Å². The van der Waals surface area contributed by atoms with Crippen molar-refractivity contribution in [2.75, 3.05) is 0 Å². The second-order valence-corrected chi connectivity index (χ2v) is 7.56. The molecule has 5 aromatic rings. The largest absolute Gasteiger partial charge is 0.236 e. The standard InChI is InChI=1S/C25H17NS/c1-2-17-8-7-10-19(16-17)21-15-14-18-9-3-4-11-20(18)24(21)25-26-22-12-5-6-13-23(22)27-25/h2-16H,1H2. The van der Waals surface area contributed by atoms with Crippen molar-refractivity contribution in [1.29, 1.82) is 0 Å². The minimum absolute atomic E-state index is 1.05. The van der Waals surface area contributed by atoms with E-state index in [1.54, 1.807) is 11.3 Å². The number of rotatable bonds is 3. The van der Waals surface area contributed by atoms with Crippen molar-refractivity contribution in [3.63, 3.8) is 0 Å². The van der Waals surface area contributed by atoms with E-state index in [1.807, 2.05) is 12.1 Å². The Morgan fingerprint density at radius 1 is 0.815 bits per heavy atom. The van der Waals surface area contributed by atoms with E-state index in [0.717, 1.165) is 16.1 Å². The second kappa shape index (κ2) is 6.49. The summed E-state index contributed by atoms with van der Waals surface area (Å²) in [5.74, 6) is 0. The zero-order valence-electron chi connectivity index (χ0n) is 14.7. The lowest BCUT2D eigenvalue weighted by Gasteiger charge is -2.12. The molecule has 0 bridgehead atoms. The molecule has 0 saturated heterocycles. The van der Waals surface area contributed by atoms with Crippen molar-refractivity contribution in [1.82, 2.24) is 4.98 Å². The van der Waals surface area contributed by atoms with Crippen LogP contribution in [0.4, 0.5) is 0 Å². The molecule has 0 fully saturated rings. The van der Waals surface area contributed by atoms with E-state index in [0.29, 0.717) is 0 Å². The number of fused-ring (bicyclic) bond motifs is 2. The van der Waals surface area contributed by atoms with Crippen LogP contribution < -0.4 is 0 Å². The van der Waals surface area contributed by atoms with Crippen LogP contribution >= 0.6 is 11.3 Å². The molecule has 1 heterocycles. The highest BCUT2D eigenvalue weighted by atomic mass is 32.1. The molecule has 5 rings (SSSR count). The molecule has 1 nitrogen and oxygen atoms in total. The zero-order valence-corrected chi connectivity index (χ0v) is 15.5. The molecule has 0 aliphatic carbocycles. The minimum Gasteiger partial charge on any atom is -0.236 e. The molecular formula is C25H17NS. The second-order valence-electron chi connectivity index (χ2n) is 6.53. The smallest absolute Gasteiger partial charge is 0.125 e. The number of thiazole rings is 1. The normalized spacial score (nSPS) is 11.1. The Bertz CT molecular complexity index is 1260. The Hall–Kier alpha value is -3.23. The van der Waals surface area contributed by atoms with Crippen molar-refractivity contribution in [3.8, 4) is 21.7 Å². The van der Waals surface area contributed by atoms with Crippen molar-refractivity contribution in [2.45, 2.75) is 0 Å². The molecule has 2 heteroatoms. The van der Waals surface area contributed by atoms with Crippen LogP contribution in [0.5, 0.6) is 0 Å². The summed E-state index contributed by atoms with van der Waals surface area (Å²) in [6, 6.07) is 29.8. The van der Waals surface area contributed by atoms with Crippen LogP contribution in [0.25, 0.3) is 48.8 Å². The quantitative estimate of drug-likeness (QED) is 0.325. The first-order valence-corrected chi connectivity index (χ1v) is 9.76. The van der Waals surface area contributed by atoms with E-state index in [4.69, 9.17) is 4.98 Å². The van der Waals surface area contributed by atoms with Crippen molar-refractivity contribution >= 4 is 38.4 Å². The van der Waals surface area contributed by atoms with Gasteiger partial charge in [0.25, 0.3) is 0 Å². The van der Waals surface area contributed by atoms with Gasteiger partial charge in [0.1, 0.15) is 5.01 Å². The Kier molecular flexibility index (Phi) is 3.84. The lowest BCUT2D eigenvalue weighted by Crippen LogP contribution is -1.88. The van der Waals surface area contributed by atoms with E-state index in [9.17, 15) is 0 Å². The van der Waals surface area contributed by atoms with Gasteiger partial charge in [-0.2, -0.15) is 0 Å². The van der Waals surface area contributed by atoms with Crippen molar-refractivity contribution < 1.29 is 0 Å². The van der Waals surface area contributed by atoms with Gasteiger partial charge in [0, 0.05) is 5.56 Å². The maximum Gasteiger partial charge on any atom is 0.125 e. The Balaban J connectivity index is 1.86. The van der Waals surface area contributed by atoms with Crippen LogP contribution in [0.2, 0.25) is 0 Å². The summed E-state index contributed by atoms with van der Waals surface area (Å²) in [4.78, 5) is 4.96. The van der Waals surface area contributed by atoms with E-state index >= 15 is 0 Å². The summed E-state index contributed by atoms with van der Waals surface area (Å²) in [5.41, 5.74) is 5.77. The third kappa shape index (κ3) is 2.75. The third-order valence-electron chi connectivity index (χ3n) is 4.87. The molecular weight excluding hydrogens is 346 g/mol. The number of benzene rings is 4. The van der Waals surface area contributed by atoms with Gasteiger partial charge in [-0.25, -0.2) is 4.98 Å². The fraction of sp³-hybridized carbons (Fsp3) is 0. The predicted molar refractivity (Wildman–Crippen MR) is 118 cm³/mol. The number of hydrogen-bond donors (Lipinski definition) is 0. The van der Waals surface area contributed by atoms with Gasteiger partial charge in [0.2, 0.25) is 0 Å². The van der Waals surface area contributed by atoms with Gasteiger partial charge in [-0.3, -0.25) is 0 Å². The SMILES string of the molecule is C=Cc1cccc(-c2ccc3ccccc3c2-c2nc3ccccc3s2)c1. The van der Waals surface area contributed by atoms with Crippen LogP contribution in [0.3, 0.4) is 0 Å². The summed E-state index contributed by atoms with van der Waals surface area (Å²) in [6.45, 7) is 3.91. The first-order chi connectivity index (χ1) is 13.3. The van der Waals surface area contributed by atoms with Gasteiger partial charge in [0.05, 0.1) is 10.2 Å². The number of hydrogen-bond acceptors (Lipinski definition) is 2. The summed E-state index contributed by atoms with van der Waals surface area (Å²) < 4.78 is 1.21. The van der Waals surface area contributed by atoms with E-state index < -0.39 is 0 Å². The molecule has 27 heavy (non-hydrogen) atoms. The van der Waals surface area contributed by atoms with Crippen LogP contribution in [-0.4, -0.2) is 4.98 Å². The highest BCUT2D eigenvalue weighted by Gasteiger charge is 2.15. The molecule has 4 aromatic carbocycles. The van der Waals surface area contributed by atoms with Gasteiger partial charge in [-0.15, -0.1) is 11.3 Å². The maximum atomic E-state index is 4.96. The maximum absolute atomic E-state index is 4.96. The average molecular weight is 363 g/mol. The lowest BCUT2D eigenvalue weighted by molar-refractivity contribution is 1.48. The van der Waals surface area contributed by atoms with E-state index in [2.05, 4.69) is 85.4 Å². The molecule has 0 unspecified atom stereocenters. The third-order valence-corrected chi connectivity index (χ3v) is 5.92. The van der Waals surface area contributed by atoms with Gasteiger partial charge in [0.15, 0.2) is 0 Å². The zero-order chi connectivity index (χ0) is 18.2. The Morgan fingerprint density at radius 3 is 2.56 bits per heavy atom. The first-order valence-electron chi connectivity index (χ1n) is 8.94. The van der Waals surface area contributed by atoms with Crippen LogP contribution in [-0.2, 0) is 0 Å². The predicted octanol–water partition coefficient (Wildman–Crippen LogP) is 7.43. The molecule has 0 aliphatic rings. The summed E-state index contributed by atoms with van der Waals surface area (Å²) in [5, 5.41) is 3.53. The average Bonchev–Trinajstić information content (AvgIpc) is 3.16. The van der Waals surface area contributed by atoms with Crippen molar-refractivity contribution in [3.05, 3.63) is 97.1 Å².